The smallest absolute Gasteiger partial charge is 0.338 e. The molecule has 6 nitrogen and oxygen atoms in total. The Morgan fingerprint density at radius 2 is 1.72 bits per heavy atom. The topological polar surface area (TPSA) is 108 Å². The Morgan fingerprint density at radius 3 is 2.28 bits per heavy atom. The number of pyridine rings is 1. The standard InChI is InChI=1S/C12H9NO5/c1-5-9(11(15)16)10(12(17)18)7-4-6(14)2-3-8(7)13-5/h2-4,14H,1H3,(H,15,16)(H,17,18). The second-order valence-electron chi connectivity index (χ2n) is 3.76. The molecular formula is C12H9NO5. The fourth-order valence-electron chi connectivity index (χ4n) is 1.86. The second kappa shape index (κ2) is 3.99. The van der Waals surface area contributed by atoms with Gasteiger partial charge in [-0.05, 0) is 25.1 Å². The number of rotatable bonds is 2. The molecule has 0 aliphatic carbocycles. The number of phenolic OH excluding ortho intramolecular Hbond substituents is 1. The molecule has 2 rings (SSSR count). The molecule has 0 amide bonds. The number of hydrogen-bond acceptors (Lipinski definition) is 4. The SMILES string of the molecule is Cc1nc2ccc(O)cc2c(C(=O)O)c1C(=O)O. The zero-order valence-corrected chi connectivity index (χ0v) is 9.34. The lowest BCUT2D eigenvalue weighted by Gasteiger charge is -2.09. The van der Waals surface area contributed by atoms with Gasteiger partial charge in [-0.25, -0.2) is 9.59 Å². The number of phenols is 1. The Kier molecular flexibility index (Phi) is 2.63. The van der Waals surface area contributed by atoms with Crippen molar-refractivity contribution in [3.63, 3.8) is 0 Å². The minimum atomic E-state index is -1.37. The van der Waals surface area contributed by atoms with E-state index in [9.17, 15) is 14.7 Å². The summed E-state index contributed by atoms with van der Waals surface area (Å²) in [4.78, 5) is 26.4. The molecule has 0 saturated heterocycles. The first-order chi connectivity index (χ1) is 8.41. The number of aryl methyl sites for hydroxylation is 1. The monoisotopic (exact) mass is 247 g/mol. The predicted molar refractivity (Wildman–Crippen MR) is 62.1 cm³/mol. The number of carboxylic acid groups (broad SMARTS) is 2. The van der Waals surface area contributed by atoms with E-state index in [2.05, 4.69) is 4.98 Å². The second-order valence-corrected chi connectivity index (χ2v) is 3.76. The summed E-state index contributed by atoms with van der Waals surface area (Å²) >= 11 is 0. The third-order valence-electron chi connectivity index (χ3n) is 2.58. The minimum Gasteiger partial charge on any atom is -0.508 e. The summed E-state index contributed by atoms with van der Waals surface area (Å²) in [6.45, 7) is 1.43. The molecule has 0 radical (unpaired) electrons. The molecule has 0 aliphatic rings. The molecule has 0 atom stereocenters. The Labute approximate surface area is 101 Å². The van der Waals surface area contributed by atoms with Crippen LogP contribution in [0.5, 0.6) is 5.75 Å². The number of nitrogens with zero attached hydrogens (tertiary/aromatic N) is 1. The molecule has 18 heavy (non-hydrogen) atoms. The van der Waals surface area contributed by atoms with Crippen LogP contribution in [0.3, 0.4) is 0 Å². The summed E-state index contributed by atoms with van der Waals surface area (Å²) in [5.41, 5.74) is -0.271. The van der Waals surface area contributed by atoms with Crippen molar-refractivity contribution in [3.8, 4) is 5.75 Å². The van der Waals surface area contributed by atoms with Gasteiger partial charge in [0.15, 0.2) is 0 Å². The fourth-order valence-corrected chi connectivity index (χ4v) is 1.86. The number of aromatic nitrogens is 1. The van der Waals surface area contributed by atoms with Gasteiger partial charge in [0, 0.05) is 5.39 Å². The Morgan fingerprint density at radius 1 is 1.11 bits per heavy atom. The number of benzene rings is 1. The third-order valence-corrected chi connectivity index (χ3v) is 2.58. The van der Waals surface area contributed by atoms with Crippen LogP contribution >= 0.6 is 0 Å². The number of carboxylic acids is 2. The molecule has 0 fully saturated rings. The van der Waals surface area contributed by atoms with E-state index in [1.165, 1.54) is 25.1 Å². The van der Waals surface area contributed by atoms with Crippen molar-refractivity contribution in [2.24, 2.45) is 0 Å². The van der Waals surface area contributed by atoms with Gasteiger partial charge in [-0.3, -0.25) is 4.98 Å². The molecule has 0 spiro atoms. The average Bonchev–Trinajstić information content (AvgIpc) is 2.27. The molecule has 3 N–H and O–H groups in total. The number of aromatic carboxylic acids is 2. The van der Waals surface area contributed by atoms with Gasteiger partial charge in [0.1, 0.15) is 5.75 Å². The van der Waals surface area contributed by atoms with Gasteiger partial charge in [0.25, 0.3) is 0 Å². The van der Waals surface area contributed by atoms with Crippen LogP contribution in [-0.2, 0) is 0 Å². The molecule has 1 aromatic carbocycles. The summed E-state index contributed by atoms with van der Waals surface area (Å²) in [6, 6.07) is 3.99. The lowest BCUT2D eigenvalue weighted by Crippen LogP contribution is -2.12. The average molecular weight is 247 g/mol. The van der Waals surface area contributed by atoms with Gasteiger partial charge in [-0.15, -0.1) is 0 Å². The highest BCUT2D eigenvalue weighted by molar-refractivity contribution is 6.11. The molecule has 1 heterocycles. The van der Waals surface area contributed by atoms with Gasteiger partial charge < -0.3 is 15.3 Å². The van der Waals surface area contributed by atoms with E-state index in [1.807, 2.05) is 0 Å². The van der Waals surface area contributed by atoms with Crippen LogP contribution in [0.4, 0.5) is 0 Å². The lowest BCUT2D eigenvalue weighted by atomic mass is 10.0. The van der Waals surface area contributed by atoms with E-state index >= 15 is 0 Å². The molecule has 0 aliphatic heterocycles. The summed E-state index contributed by atoms with van der Waals surface area (Å²) in [6.07, 6.45) is 0. The maximum atomic E-state index is 11.2. The van der Waals surface area contributed by atoms with Crippen LogP contribution in [0.1, 0.15) is 26.4 Å². The highest BCUT2D eigenvalue weighted by Gasteiger charge is 2.23. The van der Waals surface area contributed by atoms with Gasteiger partial charge in [-0.1, -0.05) is 0 Å². The number of carbonyl (C=O) groups is 2. The van der Waals surface area contributed by atoms with Crippen molar-refractivity contribution in [2.75, 3.05) is 0 Å². The maximum absolute atomic E-state index is 11.2. The molecular weight excluding hydrogens is 238 g/mol. The van der Waals surface area contributed by atoms with Crippen LogP contribution in [0.2, 0.25) is 0 Å². The number of aromatic hydroxyl groups is 1. The van der Waals surface area contributed by atoms with Crippen LogP contribution in [0, 0.1) is 6.92 Å². The zero-order chi connectivity index (χ0) is 13.4. The van der Waals surface area contributed by atoms with Crippen molar-refractivity contribution < 1.29 is 24.9 Å². The van der Waals surface area contributed by atoms with E-state index in [4.69, 9.17) is 10.2 Å². The van der Waals surface area contributed by atoms with Crippen LogP contribution in [0.15, 0.2) is 18.2 Å². The van der Waals surface area contributed by atoms with Crippen molar-refractivity contribution in [1.29, 1.82) is 0 Å². The largest absolute Gasteiger partial charge is 0.508 e. The summed E-state index contributed by atoms with van der Waals surface area (Å²) < 4.78 is 0. The molecule has 92 valence electrons. The van der Waals surface area contributed by atoms with E-state index in [0.717, 1.165) is 0 Å². The highest BCUT2D eigenvalue weighted by atomic mass is 16.4. The van der Waals surface area contributed by atoms with Crippen LogP contribution in [0.25, 0.3) is 10.9 Å². The van der Waals surface area contributed by atoms with Gasteiger partial charge >= 0.3 is 11.9 Å². The Balaban J connectivity index is 3.01. The van der Waals surface area contributed by atoms with E-state index in [0.29, 0.717) is 5.52 Å². The van der Waals surface area contributed by atoms with Gasteiger partial charge in [0.2, 0.25) is 0 Å². The predicted octanol–water partition coefficient (Wildman–Crippen LogP) is 1.65. The molecule has 6 heteroatoms. The van der Waals surface area contributed by atoms with Crippen molar-refractivity contribution in [1.82, 2.24) is 4.98 Å². The first-order valence-corrected chi connectivity index (χ1v) is 5.01. The zero-order valence-electron chi connectivity index (χ0n) is 9.34. The van der Waals surface area contributed by atoms with Crippen molar-refractivity contribution >= 4 is 22.8 Å². The molecule has 0 bridgehead atoms. The van der Waals surface area contributed by atoms with Gasteiger partial charge in [0.05, 0.1) is 22.3 Å². The van der Waals surface area contributed by atoms with Gasteiger partial charge in [-0.2, -0.15) is 0 Å². The first kappa shape index (κ1) is 11.8. The summed E-state index contributed by atoms with van der Waals surface area (Å²) in [5.74, 6) is -2.87. The molecule has 0 unspecified atom stereocenters. The maximum Gasteiger partial charge on any atom is 0.338 e. The van der Waals surface area contributed by atoms with E-state index < -0.39 is 11.9 Å². The van der Waals surface area contributed by atoms with Crippen molar-refractivity contribution in [3.05, 3.63) is 35.0 Å². The quantitative estimate of drug-likeness (QED) is 0.744. The van der Waals surface area contributed by atoms with Crippen LogP contribution in [-0.4, -0.2) is 32.2 Å². The fraction of sp³-hybridized carbons (Fsp3) is 0.0833. The number of fused-ring (bicyclic) bond motifs is 1. The summed E-state index contributed by atoms with van der Waals surface area (Å²) in [7, 11) is 0. The van der Waals surface area contributed by atoms with Crippen molar-refractivity contribution in [2.45, 2.75) is 6.92 Å². The number of hydrogen-bond donors (Lipinski definition) is 3. The lowest BCUT2D eigenvalue weighted by molar-refractivity contribution is 0.0652. The molecule has 0 saturated carbocycles. The third kappa shape index (κ3) is 1.73. The normalized spacial score (nSPS) is 10.5. The molecule has 1 aromatic heterocycles. The Hall–Kier alpha value is -2.63. The summed E-state index contributed by atoms with van der Waals surface area (Å²) in [5, 5.41) is 27.7. The first-order valence-electron chi connectivity index (χ1n) is 5.01. The van der Waals surface area contributed by atoms with Crippen LogP contribution < -0.4 is 0 Å². The highest BCUT2D eigenvalue weighted by Crippen LogP contribution is 2.26. The van der Waals surface area contributed by atoms with E-state index in [1.54, 1.807) is 0 Å². The molecule has 2 aromatic rings. The van der Waals surface area contributed by atoms with E-state index in [-0.39, 0.29) is 28.0 Å². The Bertz CT molecular complexity index is 678. The minimum absolute atomic E-state index is 0.102.